The Balaban J connectivity index is 1.03. The first kappa shape index (κ1) is 33.1. The van der Waals surface area contributed by atoms with Crippen LogP contribution in [0.1, 0.15) is 27.7 Å². The van der Waals surface area contributed by atoms with Crippen LogP contribution in [0.2, 0.25) is 0 Å². The van der Waals surface area contributed by atoms with Gasteiger partial charge in [0.25, 0.3) is 0 Å². The molecule has 0 atom stereocenters. The summed E-state index contributed by atoms with van der Waals surface area (Å²) in [6.07, 6.45) is 0. The van der Waals surface area contributed by atoms with Gasteiger partial charge < -0.3 is 4.90 Å². The summed E-state index contributed by atoms with van der Waals surface area (Å²) < 4.78 is 44.0. The number of hydrogen-bond donors (Lipinski definition) is 0. The number of benzene rings is 10. The molecule has 0 N–H and O–H groups in total. The van der Waals surface area contributed by atoms with E-state index in [4.69, 9.17) is 0 Å². The molecule has 0 bridgehead atoms. The molecular weight excluding hydrogens is 811 g/mol. The summed E-state index contributed by atoms with van der Waals surface area (Å²) in [6, 6.07) is 73.8. The molecular formula is C61H39NS2. The zero-order valence-corrected chi connectivity index (χ0v) is 36.1. The van der Waals surface area contributed by atoms with Crippen molar-refractivity contribution in [2.24, 2.45) is 0 Å². The molecule has 0 unspecified atom stereocenters. The number of rotatable bonds is 7. The SMILES string of the molecule is [2H]c1c([2H])c(N(c2ccc(-c3ccc4sc5ccccc5c4c3)cc2)c2ccc3c(c2)C(c2ccccc2)(c2ccccc2)c2ccccc2-3)c([2H])c([2H])c1-c1ccc2sc3ccccc3c2c1. The van der Waals surface area contributed by atoms with Gasteiger partial charge in [-0.3, -0.25) is 0 Å². The molecule has 0 aliphatic heterocycles. The highest BCUT2D eigenvalue weighted by atomic mass is 32.1. The highest BCUT2D eigenvalue weighted by molar-refractivity contribution is 7.26. The van der Waals surface area contributed by atoms with E-state index in [0.717, 1.165) is 70.5 Å². The summed E-state index contributed by atoms with van der Waals surface area (Å²) in [5.41, 5.74) is 10.8. The average molecular weight is 854 g/mol. The second-order valence-corrected chi connectivity index (χ2v) is 18.6. The van der Waals surface area contributed by atoms with Crippen LogP contribution >= 0.6 is 22.7 Å². The van der Waals surface area contributed by atoms with Crippen molar-refractivity contribution in [3.63, 3.8) is 0 Å². The molecule has 13 rings (SSSR count). The number of hydrogen-bond acceptors (Lipinski definition) is 3. The van der Waals surface area contributed by atoms with E-state index < -0.39 is 5.41 Å². The Labute approximate surface area is 386 Å². The highest BCUT2D eigenvalue weighted by Gasteiger charge is 2.46. The molecule has 3 heteroatoms. The summed E-state index contributed by atoms with van der Waals surface area (Å²) in [5, 5.41) is 4.62. The molecule has 1 aliphatic carbocycles. The lowest BCUT2D eigenvalue weighted by molar-refractivity contribution is 0.768. The maximum Gasteiger partial charge on any atom is 0.0714 e. The lowest BCUT2D eigenvalue weighted by atomic mass is 9.67. The van der Waals surface area contributed by atoms with Crippen molar-refractivity contribution in [1.82, 2.24) is 0 Å². The lowest BCUT2D eigenvalue weighted by Crippen LogP contribution is -2.28. The average Bonchev–Trinajstić information content (AvgIpc) is 4.05. The smallest absolute Gasteiger partial charge is 0.0714 e. The van der Waals surface area contributed by atoms with Gasteiger partial charge in [-0.2, -0.15) is 0 Å². The van der Waals surface area contributed by atoms with Gasteiger partial charge in [0.1, 0.15) is 0 Å². The van der Waals surface area contributed by atoms with Crippen LogP contribution in [0.4, 0.5) is 17.1 Å². The van der Waals surface area contributed by atoms with E-state index in [1.807, 2.05) is 47.4 Å². The van der Waals surface area contributed by atoms with Gasteiger partial charge in [0.2, 0.25) is 0 Å². The molecule has 1 aliphatic rings. The minimum absolute atomic E-state index is 0.0886. The quantitative estimate of drug-likeness (QED) is 0.154. The molecule has 2 heterocycles. The van der Waals surface area contributed by atoms with Gasteiger partial charge in [0, 0.05) is 57.4 Å². The fraction of sp³-hybridized carbons (Fsp3) is 0.0164. The van der Waals surface area contributed by atoms with Crippen LogP contribution in [0.5, 0.6) is 0 Å². The van der Waals surface area contributed by atoms with E-state index in [1.54, 1.807) is 22.7 Å². The molecule has 0 fully saturated rings. The molecule has 1 nitrogen and oxygen atoms in total. The predicted octanol–water partition coefficient (Wildman–Crippen LogP) is 17.6. The molecule has 12 aromatic rings. The topological polar surface area (TPSA) is 3.24 Å². The fourth-order valence-corrected chi connectivity index (χ4v) is 12.3. The molecule has 2 aromatic heterocycles. The molecule has 0 saturated carbocycles. The normalized spacial score (nSPS) is 13.7. The first-order chi connectivity index (χ1) is 33.4. The van der Waals surface area contributed by atoms with Crippen molar-refractivity contribution in [1.29, 1.82) is 0 Å². The summed E-state index contributed by atoms with van der Waals surface area (Å²) in [7, 11) is 0. The van der Waals surface area contributed by atoms with Crippen LogP contribution in [-0.4, -0.2) is 0 Å². The van der Waals surface area contributed by atoms with Gasteiger partial charge in [-0.05, 0) is 128 Å². The van der Waals surface area contributed by atoms with Gasteiger partial charge >= 0.3 is 0 Å². The van der Waals surface area contributed by atoms with Crippen molar-refractivity contribution >= 4 is 80.1 Å². The number of nitrogens with zero attached hydrogens (tertiary/aromatic N) is 1. The summed E-state index contributed by atoms with van der Waals surface area (Å²) in [6.45, 7) is 0. The molecule has 300 valence electrons. The maximum atomic E-state index is 9.90. The minimum atomic E-state index is -0.687. The van der Waals surface area contributed by atoms with Crippen LogP contribution in [0, 0.1) is 0 Å². The van der Waals surface area contributed by atoms with Crippen molar-refractivity contribution in [2.45, 2.75) is 5.41 Å². The van der Waals surface area contributed by atoms with Crippen LogP contribution in [0.25, 0.3) is 73.7 Å². The van der Waals surface area contributed by atoms with Gasteiger partial charge in [-0.25, -0.2) is 0 Å². The van der Waals surface area contributed by atoms with E-state index in [9.17, 15) is 5.48 Å². The molecule has 10 aromatic carbocycles. The fourth-order valence-electron chi connectivity index (χ4n) is 10.1. The second kappa shape index (κ2) is 14.8. The summed E-state index contributed by atoms with van der Waals surface area (Å²) >= 11 is 3.51. The third kappa shape index (κ3) is 5.75. The summed E-state index contributed by atoms with van der Waals surface area (Å²) in [4.78, 5) is 1.93. The Morgan fingerprint density at radius 1 is 0.328 bits per heavy atom. The molecule has 0 saturated heterocycles. The van der Waals surface area contributed by atoms with E-state index >= 15 is 0 Å². The second-order valence-electron chi connectivity index (χ2n) is 16.5. The molecule has 0 amide bonds. The van der Waals surface area contributed by atoms with E-state index in [-0.39, 0.29) is 35.4 Å². The van der Waals surface area contributed by atoms with E-state index in [2.05, 4.69) is 170 Å². The Hall–Kier alpha value is -7.56. The van der Waals surface area contributed by atoms with Crippen LogP contribution in [0.3, 0.4) is 0 Å². The number of fused-ring (bicyclic) bond motifs is 9. The van der Waals surface area contributed by atoms with Gasteiger partial charge in [0.05, 0.1) is 10.9 Å². The maximum absolute atomic E-state index is 9.90. The van der Waals surface area contributed by atoms with Crippen LogP contribution in [0.15, 0.2) is 236 Å². The number of anilines is 3. The van der Waals surface area contributed by atoms with E-state index in [0.29, 0.717) is 5.56 Å². The van der Waals surface area contributed by atoms with Crippen molar-refractivity contribution in [3.05, 3.63) is 259 Å². The van der Waals surface area contributed by atoms with Gasteiger partial charge in [-0.15, -0.1) is 22.7 Å². The van der Waals surface area contributed by atoms with Crippen molar-refractivity contribution in [2.75, 3.05) is 4.90 Å². The monoisotopic (exact) mass is 853 g/mol. The largest absolute Gasteiger partial charge is 0.310 e. The summed E-state index contributed by atoms with van der Waals surface area (Å²) in [5.74, 6) is 0. The predicted molar refractivity (Wildman–Crippen MR) is 275 cm³/mol. The molecule has 0 spiro atoms. The first-order valence-corrected chi connectivity index (χ1v) is 23.2. The Morgan fingerprint density at radius 2 is 0.812 bits per heavy atom. The minimum Gasteiger partial charge on any atom is -0.310 e. The third-order valence-electron chi connectivity index (χ3n) is 13.0. The Bertz CT molecular complexity index is 3900. The Kier molecular flexibility index (Phi) is 7.63. The van der Waals surface area contributed by atoms with Gasteiger partial charge in [0.15, 0.2) is 0 Å². The molecule has 64 heavy (non-hydrogen) atoms. The highest BCUT2D eigenvalue weighted by Crippen LogP contribution is 2.57. The standard InChI is InChI=1S/C61H39NS2/c1-3-13-44(14-4-1)61(45-15-5-2-6-16-45)55-20-10-7-17-49(55)50-34-33-48(39-56(50)61)62(46-29-23-40(24-30-46)42-27-35-59-53(37-42)51-18-8-11-21-57(51)63-59)47-31-25-41(26-32-47)43-28-36-60-54(38-43)52-19-9-12-22-58(52)64-60/h1-39H/i23D,24D,29D,30D. The zero-order valence-electron chi connectivity index (χ0n) is 38.5. The van der Waals surface area contributed by atoms with Crippen LogP contribution in [-0.2, 0) is 5.41 Å². The van der Waals surface area contributed by atoms with Crippen molar-refractivity contribution in [3.8, 4) is 33.4 Å². The van der Waals surface area contributed by atoms with Gasteiger partial charge in [-0.1, -0.05) is 164 Å². The number of thiophene rings is 2. The first-order valence-electron chi connectivity index (χ1n) is 23.6. The third-order valence-corrected chi connectivity index (χ3v) is 15.3. The lowest BCUT2D eigenvalue weighted by Gasteiger charge is -2.35. The Morgan fingerprint density at radius 3 is 1.44 bits per heavy atom. The zero-order chi connectivity index (χ0) is 45.7. The molecule has 0 radical (unpaired) electrons. The van der Waals surface area contributed by atoms with Crippen LogP contribution < -0.4 is 4.90 Å². The van der Waals surface area contributed by atoms with Crippen molar-refractivity contribution < 1.29 is 5.48 Å². The van der Waals surface area contributed by atoms with E-state index in [1.165, 1.54) is 25.7 Å².